The summed E-state index contributed by atoms with van der Waals surface area (Å²) >= 11 is 0. The second-order valence-corrected chi connectivity index (χ2v) is 10.7. The van der Waals surface area contributed by atoms with Gasteiger partial charge in [-0.3, -0.25) is 9.69 Å². The predicted molar refractivity (Wildman–Crippen MR) is 166 cm³/mol. The van der Waals surface area contributed by atoms with E-state index in [0.29, 0.717) is 31.0 Å². The number of likely N-dealkylation sites (tertiary alicyclic amines) is 1. The summed E-state index contributed by atoms with van der Waals surface area (Å²) in [6.45, 7) is 4.41. The third-order valence-corrected chi connectivity index (χ3v) is 7.66. The van der Waals surface area contributed by atoms with Crippen molar-refractivity contribution in [2.24, 2.45) is 5.73 Å². The minimum absolute atomic E-state index is 0.0386. The van der Waals surface area contributed by atoms with Gasteiger partial charge in [-0.1, -0.05) is 67.1 Å². The number of amides is 1. The van der Waals surface area contributed by atoms with E-state index in [1.807, 2.05) is 42.5 Å². The number of benzene rings is 3. The minimum Gasteiger partial charge on any atom is -0.458 e. The van der Waals surface area contributed by atoms with Crippen molar-refractivity contribution < 1.29 is 14.3 Å². The van der Waals surface area contributed by atoms with Gasteiger partial charge in [0, 0.05) is 13.1 Å². The number of hydrogen-bond acceptors (Lipinski definition) is 9. The van der Waals surface area contributed by atoms with Gasteiger partial charge in [0.1, 0.15) is 13.2 Å². The third kappa shape index (κ3) is 7.95. The zero-order chi connectivity index (χ0) is 30.7. The molecule has 1 atom stereocenters. The van der Waals surface area contributed by atoms with Crippen LogP contribution in [0.25, 0.3) is 11.1 Å². The van der Waals surface area contributed by atoms with Crippen LogP contribution in [0.1, 0.15) is 47.3 Å². The molecule has 1 fully saturated rings. The molecule has 10 heteroatoms. The number of nitrogens with one attached hydrogen (secondary N) is 1. The Hall–Kier alpha value is -4.85. The van der Waals surface area contributed by atoms with Crippen molar-refractivity contribution >= 4 is 5.91 Å². The summed E-state index contributed by atoms with van der Waals surface area (Å²) in [6.07, 6.45) is 2.70. The van der Waals surface area contributed by atoms with Crippen molar-refractivity contribution in [3.05, 3.63) is 101 Å². The normalized spacial score (nSPS) is 14.9. The number of carbonyl (C=O) groups excluding carboxylic acids is 1. The number of hydrogen-bond donors (Lipinski definition) is 2. The van der Waals surface area contributed by atoms with Crippen LogP contribution in [-0.2, 0) is 24.6 Å². The lowest BCUT2D eigenvalue weighted by Gasteiger charge is -2.34. The van der Waals surface area contributed by atoms with Crippen molar-refractivity contribution in [3.63, 3.8) is 0 Å². The zero-order valence-electron chi connectivity index (χ0n) is 24.9. The second kappa shape index (κ2) is 15.0. The summed E-state index contributed by atoms with van der Waals surface area (Å²) in [4.78, 5) is 28.7. The van der Waals surface area contributed by atoms with E-state index < -0.39 is 0 Å². The highest BCUT2D eigenvalue weighted by atomic mass is 16.5. The zero-order valence-corrected chi connectivity index (χ0v) is 24.9. The van der Waals surface area contributed by atoms with Crippen molar-refractivity contribution in [3.8, 4) is 29.2 Å². The van der Waals surface area contributed by atoms with Crippen LogP contribution in [-0.4, -0.2) is 51.4 Å². The van der Waals surface area contributed by atoms with E-state index in [9.17, 15) is 10.1 Å². The molecule has 1 amide bonds. The average molecular weight is 592 g/mol. The molecule has 5 rings (SSSR count). The average Bonchev–Trinajstić information content (AvgIpc) is 3.06. The summed E-state index contributed by atoms with van der Waals surface area (Å²) < 4.78 is 12.1. The summed E-state index contributed by atoms with van der Waals surface area (Å²) in [5, 5.41) is 12.2. The lowest BCUT2D eigenvalue weighted by Crippen LogP contribution is -2.50. The highest BCUT2D eigenvalue weighted by Gasteiger charge is 2.29. The molecule has 4 aromatic rings. The molecule has 0 saturated carbocycles. The number of nitrogens with zero attached hydrogens (tertiary/aromatic N) is 5. The molecule has 0 aliphatic carbocycles. The van der Waals surface area contributed by atoms with E-state index in [-0.39, 0.29) is 37.2 Å². The Morgan fingerprint density at radius 3 is 2.55 bits per heavy atom. The van der Waals surface area contributed by atoms with Crippen molar-refractivity contribution in [1.29, 1.82) is 5.26 Å². The molecule has 0 bridgehead atoms. The molecular formula is C34H37N7O3. The van der Waals surface area contributed by atoms with Crippen LogP contribution in [0.4, 0.5) is 0 Å². The van der Waals surface area contributed by atoms with Crippen LogP contribution in [0.15, 0.2) is 72.8 Å². The molecule has 2 heterocycles. The molecule has 10 nitrogen and oxygen atoms in total. The molecule has 1 aromatic heterocycles. The fraction of sp³-hybridized carbons (Fsp3) is 0.324. The maximum Gasteiger partial charge on any atom is 0.323 e. The number of ether oxygens (including phenoxy) is 2. The first-order valence-electron chi connectivity index (χ1n) is 14.9. The third-order valence-electron chi connectivity index (χ3n) is 7.66. The maximum absolute atomic E-state index is 12.9. The van der Waals surface area contributed by atoms with Gasteiger partial charge in [0.15, 0.2) is 5.82 Å². The summed E-state index contributed by atoms with van der Waals surface area (Å²) in [7, 11) is 0. The number of piperidine rings is 1. The van der Waals surface area contributed by atoms with Gasteiger partial charge in [0.25, 0.3) is 0 Å². The monoisotopic (exact) mass is 591 g/mol. The van der Waals surface area contributed by atoms with E-state index in [4.69, 9.17) is 15.2 Å². The quantitative estimate of drug-likeness (QED) is 0.247. The number of aromatic nitrogens is 3. The van der Waals surface area contributed by atoms with Gasteiger partial charge < -0.3 is 20.5 Å². The standard InChI is InChI=1S/C34H37N7O3/c1-24-28(13-8-14-29(24)27-11-3-2-4-12-27)23-44-34-39-31(21-41-18-6-5-15-30(41)32(42)37-17-16-35)38-33(40-34)43-22-26-10-7-9-25(19-26)20-36/h2-4,7-14,19,30H,5-6,15-18,21-23,35H2,1H3,(H,37,42). The summed E-state index contributed by atoms with van der Waals surface area (Å²) in [5.74, 6) is 0.410. The van der Waals surface area contributed by atoms with Crippen LogP contribution in [0.3, 0.4) is 0 Å². The largest absolute Gasteiger partial charge is 0.458 e. The SMILES string of the molecule is Cc1c(COc2nc(CN3CCCCC3C(=O)NCCN)nc(OCc3cccc(C#N)c3)n2)cccc1-c1ccccc1. The molecular weight excluding hydrogens is 554 g/mol. The Kier molecular flexibility index (Phi) is 10.5. The Bertz CT molecular complexity index is 1610. The van der Waals surface area contributed by atoms with Gasteiger partial charge in [0.2, 0.25) is 5.91 Å². The fourth-order valence-electron chi connectivity index (χ4n) is 5.34. The highest BCUT2D eigenvalue weighted by molar-refractivity contribution is 5.81. The van der Waals surface area contributed by atoms with Gasteiger partial charge >= 0.3 is 12.0 Å². The molecule has 3 aromatic carbocycles. The smallest absolute Gasteiger partial charge is 0.323 e. The fourth-order valence-corrected chi connectivity index (χ4v) is 5.34. The van der Waals surface area contributed by atoms with Crippen molar-refractivity contribution in [2.75, 3.05) is 19.6 Å². The van der Waals surface area contributed by atoms with Gasteiger partial charge in [-0.05, 0) is 66.3 Å². The molecule has 0 radical (unpaired) electrons. The minimum atomic E-state index is -0.294. The summed E-state index contributed by atoms with van der Waals surface area (Å²) in [5.41, 5.74) is 11.4. The predicted octanol–water partition coefficient (Wildman–Crippen LogP) is 4.31. The van der Waals surface area contributed by atoms with E-state index in [1.165, 1.54) is 0 Å². The lowest BCUT2D eigenvalue weighted by atomic mass is 9.97. The van der Waals surface area contributed by atoms with Crippen LogP contribution in [0, 0.1) is 18.3 Å². The number of nitriles is 1. The van der Waals surface area contributed by atoms with Gasteiger partial charge in [-0.2, -0.15) is 15.2 Å². The second-order valence-electron chi connectivity index (χ2n) is 10.7. The van der Waals surface area contributed by atoms with Gasteiger partial charge in [-0.15, -0.1) is 4.98 Å². The Labute approximate surface area is 257 Å². The molecule has 0 spiro atoms. The molecule has 1 unspecified atom stereocenters. The van der Waals surface area contributed by atoms with E-state index in [0.717, 1.165) is 53.6 Å². The van der Waals surface area contributed by atoms with Crippen LogP contribution in [0.2, 0.25) is 0 Å². The van der Waals surface area contributed by atoms with E-state index in [2.05, 4.69) is 56.4 Å². The molecule has 1 saturated heterocycles. The van der Waals surface area contributed by atoms with E-state index >= 15 is 0 Å². The lowest BCUT2D eigenvalue weighted by molar-refractivity contribution is -0.127. The Morgan fingerprint density at radius 2 is 1.77 bits per heavy atom. The maximum atomic E-state index is 12.9. The Morgan fingerprint density at radius 1 is 1.00 bits per heavy atom. The van der Waals surface area contributed by atoms with Crippen LogP contribution in [0.5, 0.6) is 12.0 Å². The number of carbonyl (C=O) groups is 1. The van der Waals surface area contributed by atoms with Crippen LogP contribution >= 0.6 is 0 Å². The van der Waals surface area contributed by atoms with Crippen molar-refractivity contribution in [2.45, 2.75) is 52.0 Å². The first kappa shape index (κ1) is 30.6. The molecule has 3 N–H and O–H groups in total. The number of rotatable bonds is 12. The number of nitrogens with two attached hydrogens (primary N) is 1. The first-order valence-corrected chi connectivity index (χ1v) is 14.9. The first-order chi connectivity index (χ1) is 21.5. The van der Waals surface area contributed by atoms with Crippen LogP contribution < -0.4 is 20.5 Å². The highest BCUT2D eigenvalue weighted by Crippen LogP contribution is 2.27. The topological polar surface area (TPSA) is 139 Å². The molecule has 226 valence electrons. The van der Waals surface area contributed by atoms with Crippen molar-refractivity contribution in [1.82, 2.24) is 25.2 Å². The van der Waals surface area contributed by atoms with Gasteiger partial charge in [-0.25, -0.2) is 0 Å². The molecule has 44 heavy (non-hydrogen) atoms. The Balaban J connectivity index is 1.38. The molecule has 1 aliphatic rings. The molecule has 1 aliphatic heterocycles. The summed E-state index contributed by atoms with van der Waals surface area (Å²) in [6, 6.07) is 25.7. The van der Waals surface area contributed by atoms with E-state index in [1.54, 1.807) is 12.1 Å². The van der Waals surface area contributed by atoms with Gasteiger partial charge in [0.05, 0.1) is 24.2 Å².